The lowest BCUT2D eigenvalue weighted by atomic mass is 9.99. The zero-order chi connectivity index (χ0) is 32.1. The Morgan fingerprint density at radius 2 is 1.33 bits per heavy atom. The number of aliphatic carboxylic acids is 1. The maximum atomic E-state index is 10.8. The van der Waals surface area contributed by atoms with Gasteiger partial charge < -0.3 is 35.0 Å². The van der Waals surface area contributed by atoms with Crippen LogP contribution in [0.3, 0.4) is 0 Å². The van der Waals surface area contributed by atoms with Crippen LogP contribution in [0.1, 0.15) is 95.8 Å². The highest BCUT2D eigenvalue weighted by Gasteiger charge is 2.39. The molecule has 0 spiro atoms. The van der Waals surface area contributed by atoms with E-state index in [1.165, 1.54) is 16.7 Å². The van der Waals surface area contributed by atoms with Crippen molar-refractivity contribution in [3.63, 3.8) is 0 Å². The average molecular weight is 601 g/mol. The first kappa shape index (κ1) is 36.3. The van der Waals surface area contributed by atoms with E-state index in [4.69, 9.17) is 14.6 Å². The van der Waals surface area contributed by atoms with Crippen molar-refractivity contribution >= 4 is 5.97 Å². The van der Waals surface area contributed by atoms with Gasteiger partial charge in [0, 0.05) is 12.0 Å². The maximum Gasteiger partial charge on any atom is 0.303 e. The Labute approximate surface area is 257 Å². The van der Waals surface area contributed by atoms with Gasteiger partial charge >= 0.3 is 5.97 Å². The molecule has 1 saturated heterocycles. The van der Waals surface area contributed by atoms with E-state index < -0.39 is 30.6 Å². The highest BCUT2D eigenvalue weighted by Crippen LogP contribution is 2.35. The fourth-order valence-electron chi connectivity index (χ4n) is 4.86. The van der Waals surface area contributed by atoms with Crippen LogP contribution in [-0.2, 0) is 16.0 Å². The molecule has 0 saturated carbocycles. The number of aliphatic hydroxyl groups excluding tert-OH is 3. The summed E-state index contributed by atoms with van der Waals surface area (Å²) in [6.07, 6.45) is 10.9. The molecule has 0 aromatic heterocycles. The minimum absolute atomic E-state index is 0.144. The molecule has 43 heavy (non-hydrogen) atoms. The Hall–Kier alpha value is -2.91. The van der Waals surface area contributed by atoms with Gasteiger partial charge in [0.25, 0.3) is 0 Å². The van der Waals surface area contributed by atoms with Gasteiger partial charge in [0.15, 0.2) is 0 Å². The zero-order valence-electron chi connectivity index (χ0n) is 26.7. The summed E-state index contributed by atoms with van der Waals surface area (Å²) in [4.78, 5) is 10.7. The van der Waals surface area contributed by atoms with Gasteiger partial charge in [-0.3, -0.25) is 4.79 Å². The van der Waals surface area contributed by atoms with Crippen molar-refractivity contribution in [2.75, 3.05) is 6.61 Å². The first-order valence-electron chi connectivity index (χ1n) is 15.3. The van der Waals surface area contributed by atoms with E-state index in [1.807, 2.05) is 20.8 Å². The van der Waals surface area contributed by atoms with E-state index in [9.17, 15) is 25.2 Å². The molecule has 0 radical (unpaired) electrons. The van der Waals surface area contributed by atoms with Crippen molar-refractivity contribution in [2.45, 2.75) is 124 Å². The highest BCUT2D eigenvalue weighted by atomic mass is 16.7. The summed E-state index contributed by atoms with van der Waals surface area (Å²) in [6.45, 7) is 11.9. The third kappa shape index (κ3) is 12.3. The van der Waals surface area contributed by atoms with Crippen LogP contribution in [0.2, 0.25) is 0 Å². The molecular weight excluding hydrogens is 548 g/mol. The number of rotatable bonds is 16. The second kappa shape index (κ2) is 18.0. The number of allylic oxidation sites excluding steroid dienone is 8. The topological polar surface area (TPSA) is 137 Å². The molecule has 2 rings (SSSR count). The minimum atomic E-state index is -1.39. The number of ether oxygens (including phenoxy) is 2. The summed E-state index contributed by atoms with van der Waals surface area (Å²) >= 11 is 0. The fraction of sp³-hybridized carbons (Fsp3) is 0.571. The minimum Gasteiger partial charge on any atom is -0.507 e. The predicted octanol–water partition coefficient (Wildman–Crippen LogP) is 6.36. The first-order chi connectivity index (χ1) is 20.3. The summed E-state index contributed by atoms with van der Waals surface area (Å²) in [5.41, 5.74) is 7.16. The SMILES string of the molecule is C/C(=C/CC/C(C)=C/Cc1cc(O[C@@H]2OC[C@@H](O)[C@H](O)[C@H]2O)c(C)c(C)c1O)CC/C=C(\C)CC/C=C(\C)CCC(=O)O. The smallest absolute Gasteiger partial charge is 0.303 e. The third-order valence-corrected chi connectivity index (χ3v) is 8.09. The second-order valence-corrected chi connectivity index (χ2v) is 11.9. The van der Waals surface area contributed by atoms with Gasteiger partial charge in [-0.2, -0.15) is 0 Å². The number of aromatic hydroxyl groups is 1. The molecule has 8 heteroatoms. The molecule has 0 bridgehead atoms. The molecule has 1 aromatic rings. The van der Waals surface area contributed by atoms with Crippen LogP contribution < -0.4 is 4.74 Å². The van der Waals surface area contributed by atoms with E-state index in [-0.39, 0.29) is 18.8 Å². The third-order valence-electron chi connectivity index (χ3n) is 8.09. The number of hydrogen-bond donors (Lipinski definition) is 5. The average Bonchev–Trinajstić information content (AvgIpc) is 2.95. The lowest BCUT2D eigenvalue weighted by molar-refractivity contribution is -0.242. The second-order valence-electron chi connectivity index (χ2n) is 11.9. The van der Waals surface area contributed by atoms with Crippen molar-refractivity contribution in [2.24, 2.45) is 0 Å². The Bertz CT molecular complexity index is 1190. The van der Waals surface area contributed by atoms with Crippen molar-refractivity contribution in [1.82, 2.24) is 0 Å². The van der Waals surface area contributed by atoms with Gasteiger partial charge in [0.1, 0.15) is 29.8 Å². The van der Waals surface area contributed by atoms with E-state index in [1.54, 1.807) is 6.07 Å². The Morgan fingerprint density at radius 1 is 0.814 bits per heavy atom. The van der Waals surface area contributed by atoms with Gasteiger partial charge in [-0.1, -0.05) is 46.6 Å². The fourth-order valence-corrected chi connectivity index (χ4v) is 4.86. The number of carbonyl (C=O) groups is 1. The van der Waals surface area contributed by atoms with E-state index >= 15 is 0 Å². The Kier molecular flexibility index (Phi) is 15.2. The summed E-state index contributed by atoms with van der Waals surface area (Å²) in [7, 11) is 0. The van der Waals surface area contributed by atoms with Crippen molar-refractivity contribution in [3.8, 4) is 11.5 Å². The maximum absolute atomic E-state index is 10.8. The number of benzene rings is 1. The van der Waals surface area contributed by atoms with Crippen LogP contribution >= 0.6 is 0 Å². The summed E-state index contributed by atoms with van der Waals surface area (Å²) in [6, 6.07) is 1.74. The number of hydrogen-bond acceptors (Lipinski definition) is 7. The molecule has 5 N–H and O–H groups in total. The Morgan fingerprint density at radius 3 is 1.86 bits per heavy atom. The number of aliphatic hydroxyl groups is 3. The quantitative estimate of drug-likeness (QED) is 0.138. The number of carboxylic acid groups (broad SMARTS) is 1. The van der Waals surface area contributed by atoms with Crippen LogP contribution in [0.5, 0.6) is 11.5 Å². The molecule has 1 aliphatic heterocycles. The van der Waals surface area contributed by atoms with Crippen LogP contribution in [0.4, 0.5) is 0 Å². The van der Waals surface area contributed by atoms with Gasteiger partial charge in [-0.25, -0.2) is 0 Å². The van der Waals surface area contributed by atoms with Crippen LogP contribution in [0.15, 0.2) is 52.7 Å². The largest absolute Gasteiger partial charge is 0.507 e. The normalized spacial score (nSPS) is 22.2. The van der Waals surface area contributed by atoms with Gasteiger partial charge in [-0.05, 0) is 110 Å². The van der Waals surface area contributed by atoms with Crippen LogP contribution in [0.25, 0.3) is 0 Å². The molecule has 1 heterocycles. The molecule has 1 aliphatic rings. The monoisotopic (exact) mass is 600 g/mol. The molecule has 4 atom stereocenters. The lowest BCUT2D eigenvalue weighted by Gasteiger charge is -2.35. The number of phenols is 1. The molecular formula is C35H52O8. The standard InChI is InChI=1S/C35H52O8/c1-22(10-7-11-23(2)13-9-15-25(4)17-19-31(37)38)12-8-14-24(3)16-18-28-20-30(26(5)27(6)32(28)39)43-35-34(41)33(40)29(36)21-42-35/h11-12,15-16,20,29,33-36,39-41H,7-10,13-14,17-19,21H2,1-6H3,(H,37,38)/b22-12-,23-11+,24-16+,25-15+/t29-,33+,34-,35+/m1/s1. The summed E-state index contributed by atoms with van der Waals surface area (Å²) < 4.78 is 11.3. The molecule has 0 unspecified atom stereocenters. The zero-order valence-corrected chi connectivity index (χ0v) is 26.7. The molecule has 1 fully saturated rings. The van der Waals surface area contributed by atoms with E-state index in [0.29, 0.717) is 35.3 Å². The van der Waals surface area contributed by atoms with Crippen LogP contribution in [0, 0.1) is 13.8 Å². The molecule has 0 amide bonds. The van der Waals surface area contributed by atoms with Crippen molar-refractivity contribution in [1.29, 1.82) is 0 Å². The Balaban J connectivity index is 1.85. The van der Waals surface area contributed by atoms with E-state index in [2.05, 4.69) is 45.1 Å². The number of carboxylic acids is 1. The van der Waals surface area contributed by atoms with Crippen molar-refractivity contribution < 1.29 is 39.8 Å². The molecule has 8 nitrogen and oxygen atoms in total. The van der Waals surface area contributed by atoms with Gasteiger partial charge in [0.2, 0.25) is 6.29 Å². The summed E-state index contributed by atoms with van der Waals surface area (Å²) in [5.74, 6) is -0.0942. The summed E-state index contributed by atoms with van der Waals surface area (Å²) in [5, 5.41) is 49.5. The van der Waals surface area contributed by atoms with Crippen molar-refractivity contribution in [3.05, 3.63) is 69.4 Å². The first-order valence-corrected chi connectivity index (χ1v) is 15.3. The highest BCUT2D eigenvalue weighted by molar-refractivity contribution is 5.67. The van der Waals surface area contributed by atoms with E-state index in [0.717, 1.165) is 44.1 Å². The van der Waals surface area contributed by atoms with Gasteiger partial charge in [0.05, 0.1) is 6.61 Å². The molecule has 240 valence electrons. The van der Waals surface area contributed by atoms with Crippen LogP contribution in [-0.4, -0.2) is 62.7 Å². The molecule has 1 aromatic carbocycles. The van der Waals surface area contributed by atoms with Gasteiger partial charge in [-0.15, -0.1) is 0 Å². The predicted molar refractivity (Wildman–Crippen MR) is 169 cm³/mol. The number of phenolic OH excluding ortho intramolecular Hbond substituents is 1. The lowest BCUT2D eigenvalue weighted by Crippen LogP contribution is -2.54. The molecule has 0 aliphatic carbocycles.